The fourth-order valence-corrected chi connectivity index (χ4v) is 3.52. The Morgan fingerprint density at radius 1 is 1.45 bits per heavy atom. The number of carbonyl (C=O) groups is 1. The number of halogens is 1. The summed E-state index contributed by atoms with van der Waals surface area (Å²) < 4.78 is 29.2. The lowest BCUT2D eigenvalue weighted by molar-refractivity contribution is 0.0138. The van der Waals surface area contributed by atoms with Crippen molar-refractivity contribution in [3.8, 4) is 0 Å². The van der Waals surface area contributed by atoms with Crippen molar-refractivity contribution >= 4 is 33.1 Å². The Morgan fingerprint density at radius 2 is 2.09 bits per heavy atom. The first kappa shape index (κ1) is 16.7. The largest absolute Gasteiger partial charge is 0.478 e. The number of benzene rings is 1. The molecule has 0 spiro atoms. The Morgan fingerprint density at radius 3 is 2.59 bits per heavy atom. The Balaban J connectivity index is 2.77. The van der Waals surface area contributed by atoms with E-state index in [0.29, 0.717) is 0 Å². The second kappa shape index (κ2) is 5.86. The topological polar surface area (TPSA) is 102 Å². The average Bonchev–Trinajstić information content (AvgIpc) is 2.77. The van der Waals surface area contributed by atoms with Gasteiger partial charge in [0.15, 0.2) is 15.9 Å². The lowest BCUT2D eigenvalue weighted by Crippen LogP contribution is -2.31. The van der Waals surface area contributed by atoms with Gasteiger partial charge in [-0.05, 0) is 19.1 Å². The molecule has 1 aliphatic heterocycles. The molecule has 0 radical (unpaired) electrons. The molecule has 120 valence electrons. The number of nitrogens with zero attached hydrogens (tertiary/aromatic N) is 1. The standard InChI is InChI=1S/C13H14ClNO6S/c1-6-12(20-2)11(15-21-6)9-8(22(3,18)19)5-4-7(10(9)14)13(16)17/h4-6,12H,1-3H3,(H,16,17). The fourth-order valence-electron chi connectivity index (χ4n) is 2.23. The minimum atomic E-state index is -3.65. The highest BCUT2D eigenvalue weighted by atomic mass is 35.5. The van der Waals surface area contributed by atoms with Gasteiger partial charge in [-0.2, -0.15) is 0 Å². The van der Waals surface area contributed by atoms with E-state index in [2.05, 4.69) is 5.16 Å². The Hall–Kier alpha value is -1.64. The van der Waals surface area contributed by atoms with Crippen molar-refractivity contribution < 1.29 is 27.9 Å². The van der Waals surface area contributed by atoms with Crippen LogP contribution >= 0.6 is 11.6 Å². The summed E-state index contributed by atoms with van der Waals surface area (Å²) in [7, 11) is -2.24. The van der Waals surface area contributed by atoms with Crippen LogP contribution in [-0.4, -0.2) is 50.8 Å². The molecule has 1 heterocycles. The molecule has 0 aliphatic carbocycles. The van der Waals surface area contributed by atoms with E-state index in [9.17, 15) is 13.2 Å². The van der Waals surface area contributed by atoms with E-state index in [0.717, 1.165) is 12.3 Å². The monoisotopic (exact) mass is 347 g/mol. The van der Waals surface area contributed by atoms with Gasteiger partial charge in [0.1, 0.15) is 11.8 Å². The van der Waals surface area contributed by atoms with Crippen LogP contribution in [0.2, 0.25) is 5.02 Å². The first-order chi connectivity index (χ1) is 10.2. The zero-order valence-corrected chi connectivity index (χ0v) is 13.6. The van der Waals surface area contributed by atoms with E-state index in [4.69, 9.17) is 26.3 Å². The third kappa shape index (κ3) is 2.81. The molecule has 1 aromatic carbocycles. The predicted molar refractivity (Wildman–Crippen MR) is 79.4 cm³/mol. The van der Waals surface area contributed by atoms with Crippen molar-refractivity contribution in [2.75, 3.05) is 13.4 Å². The van der Waals surface area contributed by atoms with E-state index in [1.54, 1.807) is 6.92 Å². The maximum atomic E-state index is 12.0. The average molecular weight is 348 g/mol. The number of hydrogen-bond acceptors (Lipinski definition) is 6. The van der Waals surface area contributed by atoms with Crippen LogP contribution in [0.5, 0.6) is 0 Å². The van der Waals surface area contributed by atoms with E-state index in [1.165, 1.54) is 13.2 Å². The number of hydrogen-bond donors (Lipinski definition) is 1. The molecule has 0 amide bonds. The third-order valence-electron chi connectivity index (χ3n) is 3.26. The van der Waals surface area contributed by atoms with Crippen LogP contribution in [-0.2, 0) is 19.4 Å². The Bertz CT molecular complexity index is 758. The van der Waals surface area contributed by atoms with E-state index >= 15 is 0 Å². The summed E-state index contributed by atoms with van der Waals surface area (Å²) in [6, 6.07) is 2.34. The van der Waals surface area contributed by atoms with Gasteiger partial charge >= 0.3 is 5.97 Å². The molecule has 9 heteroatoms. The van der Waals surface area contributed by atoms with Crippen molar-refractivity contribution in [2.45, 2.75) is 24.0 Å². The zero-order chi connectivity index (χ0) is 16.7. The summed E-state index contributed by atoms with van der Waals surface area (Å²) in [6.07, 6.45) is -0.0940. The quantitative estimate of drug-likeness (QED) is 0.887. The number of oxime groups is 1. The number of aromatic carboxylic acids is 1. The van der Waals surface area contributed by atoms with Gasteiger partial charge in [-0.25, -0.2) is 13.2 Å². The van der Waals surface area contributed by atoms with E-state index in [-0.39, 0.29) is 26.8 Å². The maximum absolute atomic E-state index is 12.0. The summed E-state index contributed by atoms with van der Waals surface area (Å²) in [6.45, 7) is 1.69. The number of carboxylic acid groups (broad SMARTS) is 1. The fraction of sp³-hybridized carbons (Fsp3) is 0.385. The third-order valence-corrected chi connectivity index (χ3v) is 4.79. The van der Waals surface area contributed by atoms with Crippen molar-refractivity contribution in [1.29, 1.82) is 0 Å². The maximum Gasteiger partial charge on any atom is 0.337 e. The van der Waals surface area contributed by atoms with Crippen molar-refractivity contribution in [2.24, 2.45) is 5.16 Å². The van der Waals surface area contributed by atoms with Crippen LogP contribution in [0.15, 0.2) is 22.2 Å². The van der Waals surface area contributed by atoms with Crippen molar-refractivity contribution in [1.82, 2.24) is 0 Å². The molecule has 0 bridgehead atoms. The van der Waals surface area contributed by atoms with Crippen LogP contribution in [0, 0.1) is 0 Å². The van der Waals surface area contributed by atoms with E-state index < -0.39 is 28.0 Å². The molecule has 2 rings (SSSR count). The molecule has 0 fully saturated rings. The number of sulfone groups is 1. The number of ether oxygens (including phenoxy) is 1. The van der Waals surface area contributed by atoms with Gasteiger partial charge < -0.3 is 14.7 Å². The molecule has 0 aromatic heterocycles. The Labute approximate surface area is 132 Å². The molecule has 1 aliphatic rings. The van der Waals surface area contributed by atoms with Crippen molar-refractivity contribution in [3.05, 3.63) is 28.3 Å². The van der Waals surface area contributed by atoms with E-state index in [1.807, 2.05) is 0 Å². The van der Waals surface area contributed by atoms with Gasteiger partial charge in [-0.3, -0.25) is 0 Å². The molecule has 2 atom stereocenters. The molecule has 0 saturated heterocycles. The smallest absolute Gasteiger partial charge is 0.337 e. The van der Waals surface area contributed by atoms with Gasteiger partial charge in [-0.1, -0.05) is 16.8 Å². The SMILES string of the molecule is COC1C(c2c(S(C)(=O)=O)ccc(C(=O)O)c2Cl)=NOC1C. The second-order valence-electron chi connectivity index (χ2n) is 4.82. The van der Waals surface area contributed by atoms with Crippen LogP contribution in [0.3, 0.4) is 0 Å². The van der Waals surface area contributed by atoms with Crippen LogP contribution in [0.4, 0.5) is 0 Å². The van der Waals surface area contributed by atoms with Gasteiger partial charge in [-0.15, -0.1) is 0 Å². The lowest BCUT2D eigenvalue weighted by Gasteiger charge is -2.17. The summed E-state index contributed by atoms with van der Waals surface area (Å²) >= 11 is 6.13. The van der Waals surface area contributed by atoms with Crippen molar-refractivity contribution in [3.63, 3.8) is 0 Å². The van der Waals surface area contributed by atoms with Gasteiger partial charge in [0.25, 0.3) is 0 Å². The highest BCUT2D eigenvalue weighted by Crippen LogP contribution is 2.32. The highest BCUT2D eigenvalue weighted by Gasteiger charge is 2.37. The molecular weight excluding hydrogens is 334 g/mol. The number of carboxylic acids is 1. The lowest BCUT2D eigenvalue weighted by atomic mass is 10.00. The Kier molecular flexibility index (Phi) is 4.46. The highest BCUT2D eigenvalue weighted by molar-refractivity contribution is 7.90. The number of rotatable bonds is 4. The molecule has 0 saturated carbocycles. The summed E-state index contributed by atoms with van der Waals surface area (Å²) in [5, 5.41) is 12.8. The molecule has 2 unspecified atom stereocenters. The normalized spacial score (nSPS) is 21.4. The first-order valence-electron chi connectivity index (χ1n) is 6.21. The molecule has 1 N–H and O–H groups in total. The second-order valence-corrected chi connectivity index (χ2v) is 7.18. The minimum Gasteiger partial charge on any atom is -0.478 e. The van der Waals surface area contributed by atoms with Gasteiger partial charge in [0, 0.05) is 18.9 Å². The van der Waals surface area contributed by atoms with Gasteiger partial charge in [0.05, 0.1) is 15.5 Å². The molecular formula is C13H14ClNO6S. The molecule has 22 heavy (non-hydrogen) atoms. The summed E-state index contributed by atoms with van der Waals surface area (Å²) in [5.74, 6) is -1.27. The minimum absolute atomic E-state index is 0.000247. The van der Waals surface area contributed by atoms with Crippen LogP contribution in [0.1, 0.15) is 22.8 Å². The summed E-state index contributed by atoms with van der Waals surface area (Å²) in [4.78, 5) is 16.2. The molecule has 1 aromatic rings. The predicted octanol–water partition coefficient (Wildman–Crippen LogP) is 1.58. The first-order valence-corrected chi connectivity index (χ1v) is 8.48. The number of methoxy groups -OCH3 is 1. The summed E-state index contributed by atoms with van der Waals surface area (Å²) in [5.41, 5.74) is -0.0648. The zero-order valence-electron chi connectivity index (χ0n) is 12.0. The molecule has 7 nitrogen and oxygen atoms in total. The van der Waals surface area contributed by atoms with Gasteiger partial charge in [0.2, 0.25) is 0 Å². The van der Waals surface area contributed by atoms with Crippen LogP contribution < -0.4 is 0 Å². The van der Waals surface area contributed by atoms with Crippen LogP contribution in [0.25, 0.3) is 0 Å².